The van der Waals surface area contributed by atoms with Gasteiger partial charge in [0, 0.05) is 13.1 Å². The molecule has 1 aromatic rings. The number of benzene rings is 1. The summed E-state index contributed by atoms with van der Waals surface area (Å²) in [5, 5.41) is 0. The molecule has 8 heteroatoms. The number of carbonyl (C=O) groups is 2. The maximum Gasteiger partial charge on any atom is 0.412 e. The lowest BCUT2D eigenvalue weighted by molar-refractivity contribution is -0.155. The van der Waals surface area contributed by atoms with Gasteiger partial charge in [0.2, 0.25) is 13.6 Å². The van der Waals surface area contributed by atoms with E-state index in [2.05, 4.69) is 0 Å². The lowest BCUT2D eigenvalue weighted by Crippen LogP contribution is -2.39. The second kappa shape index (κ2) is 8.75. The summed E-state index contributed by atoms with van der Waals surface area (Å²) >= 11 is 0. The Morgan fingerprint density at radius 2 is 1.88 bits per heavy atom. The zero-order valence-electron chi connectivity index (χ0n) is 15.6. The fourth-order valence-electron chi connectivity index (χ4n) is 2.33. The maximum absolute atomic E-state index is 12.1. The minimum Gasteiger partial charge on any atom is -0.454 e. The van der Waals surface area contributed by atoms with E-state index in [1.165, 1.54) is 4.90 Å². The Kier molecular flexibility index (Phi) is 6.68. The first kappa shape index (κ1) is 19.8. The number of likely N-dealkylation sites (N-methyl/N-ethyl adjacent to an activating group) is 1. The lowest BCUT2D eigenvalue weighted by atomic mass is 10.1. The molecule has 0 radical (unpaired) electrons. The molecule has 26 heavy (non-hydrogen) atoms. The first-order valence-corrected chi connectivity index (χ1v) is 8.50. The number of esters is 1. The van der Waals surface area contributed by atoms with E-state index in [-0.39, 0.29) is 18.8 Å². The summed E-state index contributed by atoms with van der Waals surface area (Å²) in [5.74, 6) is 0.774. The van der Waals surface area contributed by atoms with Crippen molar-refractivity contribution in [2.24, 2.45) is 11.7 Å². The standard InChI is InChI=1S/C18H26N2O6/c1-11(2)16(19)17(21)25-10-26-18(22)20(4)12(3)7-13-5-6-14-15(8-13)24-9-23-14/h5-6,8,11-12,16H,7,9-10,19H2,1-4H3/t12?,16-/m0/s1. The van der Waals surface area contributed by atoms with Gasteiger partial charge in [-0.3, -0.25) is 4.79 Å². The first-order chi connectivity index (χ1) is 12.3. The van der Waals surface area contributed by atoms with Gasteiger partial charge in [-0.2, -0.15) is 0 Å². The highest BCUT2D eigenvalue weighted by molar-refractivity contribution is 5.76. The van der Waals surface area contributed by atoms with Crippen LogP contribution in [0.25, 0.3) is 0 Å². The average molecular weight is 366 g/mol. The highest BCUT2D eigenvalue weighted by atomic mass is 16.7. The number of nitrogens with two attached hydrogens (primary N) is 1. The number of nitrogens with zero attached hydrogens (tertiary/aromatic N) is 1. The van der Waals surface area contributed by atoms with E-state index in [0.29, 0.717) is 12.2 Å². The van der Waals surface area contributed by atoms with Crippen LogP contribution in [0.2, 0.25) is 0 Å². The van der Waals surface area contributed by atoms with Crippen LogP contribution in [-0.2, 0) is 20.7 Å². The van der Waals surface area contributed by atoms with E-state index in [1.807, 2.05) is 39.0 Å². The largest absolute Gasteiger partial charge is 0.454 e. The van der Waals surface area contributed by atoms with Crippen LogP contribution < -0.4 is 15.2 Å². The molecule has 0 aliphatic carbocycles. The van der Waals surface area contributed by atoms with E-state index in [4.69, 9.17) is 24.7 Å². The highest BCUT2D eigenvalue weighted by Gasteiger charge is 2.22. The van der Waals surface area contributed by atoms with Crippen LogP contribution in [0.15, 0.2) is 18.2 Å². The van der Waals surface area contributed by atoms with Gasteiger partial charge in [0.05, 0.1) is 0 Å². The number of amides is 1. The summed E-state index contributed by atoms with van der Waals surface area (Å²) in [7, 11) is 1.63. The van der Waals surface area contributed by atoms with Crippen molar-refractivity contribution in [2.45, 2.75) is 39.3 Å². The maximum atomic E-state index is 12.1. The summed E-state index contributed by atoms with van der Waals surface area (Å²) < 4.78 is 20.5. The molecule has 0 spiro atoms. The van der Waals surface area contributed by atoms with Crippen molar-refractivity contribution in [3.63, 3.8) is 0 Å². The molecule has 0 aromatic heterocycles. The smallest absolute Gasteiger partial charge is 0.412 e. The summed E-state index contributed by atoms with van der Waals surface area (Å²) in [6, 6.07) is 4.80. The topological polar surface area (TPSA) is 100 Å². The fourth-order valence-corrected chi connectivity index (χ4v) is 2.33. The van der Waals surface area contributed by atoms with Crippen molar-refractivity contribution < 1.29 is 28.5 Å². The Hall–Kier alpha value is -2.48. The number of rotatable bonds is 7. The third-order valence-electron chi connectivity index (χ3n) is 4.29. The quantitative estimate of drug-likeness (QED) is 0.581. The van der Waals surface area contributed by atoms with Gasteiger partial charge >= 0.3 is 12.1 Å². The third-order valence-corrected chi connectivity index (χ3v) is 4.29. The Bertz CT molecular complexity index is 649. The normalized spacial score (nSPS) is 14.7. The molecule has 144 valence electrons. The molecule has 1 aromatic carbocycles. The van der Waals surface area contributed by atoms with Crippen molar-refractivity contribution in [3.8, 4) is 11.5 Å². The lowest BCUT2D eigenvalue weighted by Gasteiger charge is -2.24. The molecule has 8 nitrogen and oxygen atoms in total. The molecule has 2 atom stereocenters. The molecule has 1 amide bonds. The molecule has 0 fully saturated rings. The molecule has 1 aliphatic heterocycles. The van der Waals surface area contributed by atoms with Crippen LogP contribution in [0.4, 0.5) is 4.79 Å². The highest BCUT2D eigenvalue weighted by Crippen LogP contribution is 2.32. The zero-order chi connectivity index (χ0) is 19.3. The van der Waals surface area contributed by atoms with Crippen molar-refractivity contribution in [1.82, 2.24) is 4.90 Å². The minimum absolute atomic E-state index is 0.0532. The Balaban J connectivity index is 1.79. The van der Waals surface area contributed by atoms with Gasteiger partial charge in [-0.15, -0.1) is 0 Å². The molecule has 1 unspecified atom stereocenters. The molecule has 2 rings (SSSR count). The fraction of sp³-hybridized carbons (Fsp3) is 0.556. The molecule has 0 bridgehead atoms. The molecule has 1 heterocycles. The number of hydrogen-bond acceptors (Lipinski definition) is 7. The number of fused-ring (bicyclic) bond motifs is 1. The Labute approximate surface area is 153 Å². The SMILES string of the molecule is CC(C)[C@H](N)C(=O)OCOC(=O)N(C)C(C)Cc1ccc2c(c1)OCO2. The second-order valence-electron chi connectivity index (χ2n) is 6.61. The zero-order valence-corrected chi connectivity index (χ0v) is 15.6. The van der Waals surface area contributed by atoms with Gasteiger partial charge in [0.25, 0.3) is 0 Å². The second-order valence-corrected chi connectivity index (χ2v) is 6.61. The van der Waals surface area contributed by atoms with Crippen LogP contribution in [0.1, 0.15) is 26.3 Å². The third kappa shape index (κ3) is 5.01. The summed E-state index contributed by atoms with van der Waals surface area (Å²) in [5.41, 5.74) is 6.67. The van der Waals surface area contributed by atoms with E-state index >= 15 is 0 Å². The monoisotopic (exact) mass is 366 g/mol. The number of hydrogen-bond donors (Lipinski definition) is 1. The Morgan fingerprint density at radius 1 is 1.19 bits per heavy atom. The predicted molar refractivity (Wildman–Crippen MR) is 93.7 cm³/mol. The van der Waals surface area contributed by atoms with E-state index in [0.717, 1.165) is 11.3 Å². The van der Waals surface area contributed by atoms with Crippen molar-refractivity contribution in [1.29, 1.82) is 0 Å². The van der Waals surface area contributed by atoms with Crippen LogP contribution >= 0.6 is 0 Å². The summed E-state index contributed by atoms with van der Waals surface area (Å²) in [6.45, 7) is 5.28. The van der Waals surface area contributed by atoms with Gasteiger partial charge in [0.15, 0.2) is 11.5 Å². The van der Waals surface area contributed by atoms with Gasteiger partial charge in [-0.25, -0.2) is 4.79 Å². The van der Waals surface area contributed by atoms with Crippen LogP contribution in [0, 0.1) is 5.92 Å². The summed E-state index contributed by atoms with van der Waals surface area (Å²) in [6.07, 6.45) is 0.0319. The Morgan fingerprint density at radius 3 is 2.58 bits per heavy atom. The number of carbonyl (C=O) groups excluding carboxylic acids is 2. The van der Waals surface area contributed by atoms with E-state index in [9.17, 15) is 9.59 Å². The van der Waals surface area contributed by atoms with Crippen LogP contribution in [-0.4, -0.2) is 49.7 Å². The van der Waals surface area contributed by atoms with Crippen molar-refractivity contribution in [2.75, 3.05) is 20.6 Å². The molecule has 2 N–H and O–H groups in total. The van der Waals surface area contributed by atoms with Crippen molar-refractivity contribution in [3.05, 3.63) is 23.8 Å². The average Bonchev–Trinajstić information content (AvgIpc) is 3.07. The van der Waals surface area contributed by atoms with Gasteiger partial charge in [-0.05, 0) is 37.0 Å². The molecule has 0 saturated heterocycles. The van der Waals surface area contributed by atoms with Crippen LogP contribution in [0.3, 0.4) is 0 Å². The molecular formula is C18H26N2O6. The van der Waals surface area contributed by atoms with Crippen molar-refractivity contribution >= 4 is 12.1 Å². The molecular weight excluding hydrogens is 340 g/mol. The van der Waals surface area contributed by atoms with E-state index in [1.54, 1.807) is 7.05 Å². The first-order valence-electron chi connectivity index (χ1n) is 8.50. The molecule has 0 saturated carbocycles. The minimum atomic E-state index is -0.739. The predicted octanol–water partition coefficient (Wildman–Crippen LogP) is 1.90. The van der Waals surface area contributed by atoms with E-state index < -0.39 is 24.9 Å². The van der Waals surface area contributed by atoms with Gasteiger partial charge in [-0.1, -0.05) is 19.9 Å². The van der Waals surface area contributed by atoms with Gasteiger partial charge < -0.3 is 29.6 Å². The number of ether oxygens (including phenoxy) is 4. The molecule has 1 aliphatic rings. The van der Waals surface area contributed by atoms with Crippen LogP contribution in [0.5, 0.6) is 11.5 Å². The summed E-state index contributed by atoms with van der Waals surface area (Å²) in [4.78, 5) is 25.2. The van der Waals surface area contributed by atoms with Gasteiger partial charge in [0.1, 0.15) is 6.04 Å².